The van der Waals surface area contributed by atoms with Gasteiger partial charge in [-0.25, -0.2) is 0 Å². The van der Waals surface area contributed by atoms with Crippen LogP contribution in [-0.2, 0) is 0 Å². The Morgan fingerprint density at radius 3 is 2.68 bits per heavy atom. The Balaban J connectivity index is 1.96. The quantitative estimate of drug-likeness (QED) is 0.882. The van der Waals surface area contributed by atoms with E-state index < -0.39 is 0 Å². The molecule has 3 nitrogen and oxygen atoms in total. The summed E-state index contributed by atoms with van der Waals surface area (Å²) in [5, 5.41) is 3.65. The molecule has 0 saturated carbocycles. The van der Waals surface area contributed by atoms with E-state index >= 15 is 0 Å². The summed E-state index contributed by atoms with van der Waals surface area (Å²) in [6, 6.07) is 9.65. The molecule has 0 amide bonds. The lowest BCUT2D eigenvalue weighted by Gasteiger charge is -2.35. The van der Waals surface area contributed by atoms with Crippen molar-refractivity contribution in [3.05, 3.63) is 24.3 Å². The van der Waals surface area contributed by atoms with Crippen LogP contribution in [0.4, 0.5) is 5.69 Å². The van der Waals surface area contributed by atoms with Crippen LogP contribution in [0.1, 0.15) is 33.6 Å². The maximum atomic E-state index is 5.49. The van der Waals surface area contributed by atoms with E-state index in [4.69, 9.17) is 4.74 Å². The number of hydrogen-bond donors (Lipinski definition) is 1. The lowest BCUT2D eigenvalue weighted by atomic mass is 10.0. The molecule has 1 aromatic carbocycles. The highest BCUT2D eigenvalue weighted by Gasteiger charge is 2.20. The largest absolute Gasteiger partial charge is 0.494 e. The van der Waals surface area contributed by atoms with Gasteiger partial charge < -0.3 is 15.0 Å². The zero-order valence-corrected chi connectivity index (χ0v) is 12.4. The van der Waals surface area contributed by atoms with Gasteiger partial charge in [-0.05, 0) is 44.0 Å². The smallest absolute Gasteiger partial charge is 0.119 e. The average molecular weight is 262 g/mol. The number of hydrogen-bond acceptors (Lipinski definition) is 3. The lowest BCUT2D eigenvalue weighted by Crippen LogP contribution is -2.47. The van der Waals surface area contributed by atoms with Crippen LogP contribution >= 0.6 is 0 Å². The Hall–Kier alpha value is -1.22. The first-order valence-corrected chi connectivity index (χ1v) is 7.43. The summed E-state index contributed by atoms with van der Waals surface area (Å²) in [6.07, 6.45) is 2.54. The number of rotatable bonds is 5. The molecule has 0 aliphatic carbocycles. The molecule has 1 saturated heterocycles. The molecule has 1 fully saturated rings. The van der Waals surface area contributed by atoms with Gasteiger partial charge in [0.1, 0.15) is 5.75 Å². The van der Waals surface area contributed by atoms with Crippen molar-refractivity contribution in [2.75, 3.05) is 24.6 Å². The number of piperidine rings is 1. The predicted molar refractivity (Wildman–Crippen MR) is 81.1 cm³/mol. The number of benzene rings is 1. The van der Waals surface area contributed by atoms with Crippen LogP contribution < -0.4 is 15.0 Å². The molecule has 1 heterocycles. The molecule has 106 valence electrons. The minimum Gasteiger partial charge on any atom is -0.494 e. The summed E-state index contributed by atoms with van der Waals surface area (Å²) in [4.78, 5) is 2.47. The third-order valence-electron chi connectivity index (χ3n) is 3.50. The van der Waals surface area contributed by atoms with Gasteiger partial charge in [0.15, 0.2) is 0 Å². The predicted octanol–water partition coefficient (Wildman–Crippen LogP) is 3.05. The molecule has 1 N–H and O–H groups in total. The van der Waals surface area contributed by atoms with Crippen molar-refractivity contribution in [2.45, 2.75) is 45.7 Å². The topological polar surface area (TPSA) is 24.5 Å². The Morgan fingerprint density at radius 2 is 2.05 bits per heavy atom. The van der Waals surface area contributed by atoms with E-state index in [9.17, 15) is 0 Å². The van der Waals surface area contributed by atoms with Gasteiger partial charge in [0, 0.05) is 30.9 Å². The Kier molecular flexibility index (Phi) is 5.08. The molecular weight excluding hydrogens is 236 g/mol. The van der Waals surface area contributed by atoms with Gasteiger partial charge in [0.2, 0.25) is 0 Å². The molecule has 1 aliphatic rings. The summed E-state index contributed by atoms with van der Waals surface area (Å²) >= 11 is 0. The molecule has 19 heavy (non-hydrogen) atoms. The highest BCUT2D eigenvalue weighted by molar-refractivity contribution is 5.49. The molecule has 2 rings (SSSR count). The minimum atomic E-state index is 0.560. The van der Waals surface area contributed by atoms with E-state index in [0.717, 1.165) is 25.4 Å². The summed E-state index contributed by atoms with van der Waals surface area (Å²) in [5.74, 6) is 0.958. The first-order chi connectivity index (χ1) is 9.19. The maximum absolute atomic E-state index is 5.49. The van der Waals surface area contributed by atoms with Gasteiger partial charge in [-0.3, -0.25) is 0 Å². The second kappa shape index (κ2) is 6.80. The monoisotopic (exact) mass is 262 g/mol. The SMILES string of the molecule is CCOc1ccc(N2CCCC(NC(C)C)C2)cc1. The van der Waals surface area contributed by atoms with Crippen LogP contribution in [0.5, 0.6) is 5.75 Å². The van der Waals surface area contributed by atoms with E-state index in [2.05, 4.69) is 48.3 Å². The highest BCUT2D eigenvalue weighted by Crippen LogP contribution is 2.23. The van der Waals surface area contributed by atoms with Crippen LogP contribution in [0.15, 0.2) is 24.3 Å². The third kappa shape index (κ3) is 4.13. The first-order valence-electron chi connectivity index (χ1n) is 7.43. The van der Waals surface area contributed by atoms with E-state index in [1.165, 1.54) is 18.5 Å². The van der Waals surface area contributed by atoms with Crippen molar-refractivity contribution in [1.29, 1.82) is 0 Å². The zero-order valence-electron chi connectivity index (χ0n) is 12.4. The van der Waals surface area contributed by atoms with E-state index in [1.54, 1.807) is 0 Å². The van der Waals surface area contributed by atoms with Crippen molar-refractivity contribution < 1.29 is 4.74 Å². The van der Waals surface area contributed by atoms with Gasteiger partial charge >= 0.3 is 0 Å². The Bertz CT molecular complexity index is 375. The second-order valence-corrected chi connectivity index (χ2v) is 5.53. The van der Waals surface area contributed by atoms with E-state index in [0.29, 0.717) is 12.1 Å². The number of ether oxygens (including phenoxy) is 1. The van der Waals surface area contributed by atoms with E-state index in [-0.39, 0.29) is 0 Å². The van der Waals surface area contributed by atoms with Gasteiger partial charge in [0.25, 0.3) is 0 Å². The van der Waals surface area contributed by atoms with Crippen molar-refractivity contribution in [1.82, 2.24) is 5.32 Å². The number of nitrogens with one attached hydrogen (secondary N) is 1. The molecule has 0 bridgehead atoms. The van der Waals surface area contributed by atoms with Crippen LogP contribution in [0.2, 0.25) is 0 Å². The van der Waals surface area contributed by atoms with Crippen LogP contribution in [0.25, 0.3) is 0 Å². The maximum Gasteiger partial charge on any atom is 0.119 e. The number of anilines is 1. The van der Waals surface area contributed by atoms with E-state index in [1.807, 2.05) is 6.92 Å². The Labute approximate surface area is 116 Å². The zero-order chi connectivity index (χ0) is 13.7. The van der Waals surface area contributed by atoms with Crippen molar-refractivity contribution >= 4 is 5.69 Å². The second-order valence-electron chi connectivity index (χ2n) is 5.53. The summed E-state index contributed by atoms with van der Waals surface area (Å²) in [5.41, 5.74) is 1.30. The Morgan fingerprint density at radius 1 is 1.32 bits per heavy atom. The van der Waals surface area contributed by atoms with Gasteiger partial charge in [-0.1, -0.05) is 13.8 Å². The highest BCUT2D eigenvalue weighted by atomic mass is 16.5. The van der Waals surface area contributed by atoms with Crippen LogP contribution in [0, 0.1) is 0 Å². The van der Waals surface area contributed by atoms with Crippen LogP contribution in [-0.4, -0.2) is 31.8 Å². The fourth-order valence-electron chi connectivity index (χ4n) is 2.74. The molecule has 1 atom stereocenters. The lowest BCUT2D eigenvalue weighted by molar-refractivity contribution is 0.340. The normalized spacial score (nSPS) is 19.8. The molecule has 3 heteroatoms. The molecule has 1 aliphatic heterocycles. The van der Waals surface area contributed by atoms with Crippen LogP contribution in [0.3, 0.4) is 0 Å². The van der Waals surface area contributed by atoms with Crippen molar-refractivity contribution in [2.24, 2.45) is 0 Å². The van der Waals surface area contributed by atoms with Crippen molar-refractivity contribution in [3.63, 3.8) is 0 Å². The summed E-state index contributed by atoms with van der Waals surface area (Å²) in [6.45, 7) is 9.44. The average Bonchev–Trinajstić information content (AvgIpc) is 2.39. The number of nitrogens with zero attached hydrogens (tertiary/aromatic N) is 1. The molecule has 1 aromatic rings. The van der Waals surface area contributed by atoms with Gasteiger partial charge in [-0.2, -0.15) is 0 Å². The summed E-state index contributed by atoms with van der Waals surface area (Å²) in [7, 11) is 0. The molecule has 0 radical (unpaired) electrons. The van der Waals surface area contributed by atoms with Gasteiger partial charge in [0.05, 0.1) is 6.61 Å². The fraction of sp³-hybridized carbons (Fsp3) is 0.625. The standard InChI is InChI=1S/C16H26N2O/c1-4-19-16-9-7-15(8-10-16)18-11-5-6-14(12-18)17-13(2)3/h7-10,13-14,17H,4-6,11-12H2,1-3H3. The van der Waals surface area contributed by atoms with Gasteiger partial charge in [-0.15, -0.1) is 0 Å². The molecule has 1 unspecified atom stereocenters. The minimum absolute atomic E-state index is 0.560. The summed E-state index contributed by atoms with van der Waals surface area (Å²) < 4.78 is 5.49. The van der Waals surface area contributed by atoms with Crippen molar-refractivity contribution in [3.8, 4) is 5.75 Å². The third-order valence-corrected chi connectivity index (χ3v) is 3.50. The first kappa shape index (κ1) is 14.2. The molecule has 0 spiro atoms. The fourth-order valence-corrected chi connectivity index (χ4v) is 2.74. The molecular formula is C16H26N2O. The molecule has 0 aromatic heterocycles.